The van der Waals surface area contributed by atoms with E-state index < -0.39 is 0 Å². The molecule has 0 unspecified atom stereocenters. The van der Waals surface area contributed by atoms with Crippen LogP contribution in [0.4, 0.5) is 5.69 Å². The van der Waals surface area contributed by atoms with Crippen LogP contribution in [0.5, 0.6) is 11.5 Å². The quantitative estimate of drug-likeness (QED) is 0.497. The number of phenolic OH excluding ortho intramolecular Hbond substituents is 1. The Balaban J connectivity index is 1.76. The second kappa shape index (κ2) is 9.49. The van der Waals surface area contributed by atoms with Gasteiger partial charge in [0.1, 0.15) is 0 Å². The molecule has 2 aromatic carbocycles. The van der Waals surface area contributed by atoms with Crippen molar-refractivity contribution < 1.29 is 14.6 Å². The maximum Gasteiger partial charge on any atom is 0.267 e. The Bertz CT molecular complexity index is 1040. The van der Waals surface area contributed by atoms with Crippen molar-refractivity contribution in [1.82, 2.24) is 4.90 Å². The summed E-state index contributed by atoms with van der Waals surface area (Å²) in [7, 11) is 1.50. The minimum absolute atomic E-state index is 0.0117. The number of rotatable bonds is 4. The highest BCUT2D eigenvalue weighted by Crippen LogP contribution is 2.42. The smallest absolute Gasteiger partial charge is 0.267 e. The minimum Gasteiger partial charge on any atom is -0.504 e. The molecule has 2 aliphatic rings. The lowest BCUT2D eigenvalue weighted by Crippen LogP contribution is -2.44. The summed E-state index contributed by atoms with van der Waals surface area (Å²) in [5.74, 6) is 0.722. The monoisotopic (exact) mass is 500 g/mol. The van der Waals surface area contributed by atoms with Crippen molar-refractivity contribution >= 4 is 50.5 Å². The molecule has 1 heterocycles. The topological polar surface area (TPSA) is 62.1 Å². The molecule has 1 N–H and O–H groups in total. The number of para-hydroxylation sites is 1. The highest BCUT2D eigenvalue weighted by molar-refractivity contribution is 9.10. The van der Waals surface area contributed by atoms with Crippen LogP contribution in [0.25, 0.3) is 6.08 Å². The average molecular weight is 501 g/mol. The highest BCUT2D eigenvalue weighted by atomic mass is 79.9. The predicted octanol–water partition coefficient (Wildman–Crippen LogP) is 6.35. The molecule has 2 atom stereocenters. The van der Waals surface area contributed by atoms with Gasteiger partial charge in [-0.05, 0) is 60.9 Å². The minimum atomic E-state index is -0.0585. The molecular weight excluding hydrogens is 476 g/mol. The van der Waals surface area contributed by atoms with Crippen LogP contribution >= 0.6 is 27.7 Å². The van der Waals surface area contributed by atoms with Crippen LogP contribution in [-0.4, -0.2) is 34.2 Å². The fourth-order valence-corrected chi connectivity index (χ4v) is 5.64. The van der Waals surface area contributed by atoms with Crippen molar-refractivity contribution in [3.63, 3.8) is 0 Å². The number of thioether (sulfide) groups is 1. The van der Waals surface area contributed by atoms with Gasteiger partial charge in [0.15, 0.2) is 16.7 Å². The number of carbonyl (C=O) groups excluding carboxylic acids is 1. The van der Waals surface area contributed by atoms with E-state index in [4.69, 9.17) is 9.73 Å². The highest BCUT2D eigenvalue weighted by Gasteiger charge is 2.41. The molecule has 1 saturated carbocycles. The number of carbonyl (C=O) groups is 1. The van der Waals surface area contributed by atoms with Gasteiger partial charge in [-0.3, -0.25) is 9.69 Å². The van der Waals surface area contributed by atoms with E-state index >= 15 is 0 Å². The lowest BCUT2D eigenvalue weighted by molar-refractivity contribution is -0.124. The molecule has 1 aliphatic heterocycles. The number of hydrogen-bond acceptors (Lipinski definition) is 5. The maximum atomic E-state index is 13.5. The summed E-state index contributed by atoms with van der Waals surface area (Å²) < 4.78 is 6.02. The standard InChI is InChI=1S/C24H25BrN2O3S/c1-15-8-6-7-11-19(15)27-23(29)21(31-24(27)26-18-9-4-3-5-10-18)13-16-12-17(25)14-20(30-2)22(16)28/h3-5,9-10,12-15,19,28H,6-8,11H2,1-2H3/b21-13-,26-24?/t15-,19+/m1/s1. The number of phenols is 1. The van der Waals surface area contributed by atoms with E-state index in [2.05, 4.69) is 22.9 Å². The molecule has 7 heteroatoms. The van der Waals surface area contributed by atoms with Crippen LogP contribution in [0.2, 0.25) is 0 Å². The summed E-state index contributed by atoms with van der Waals surface area (Å²) in [6.45, 7) is 2.22. The second-order valence-electron chi connectivity index (χ2n) is 7.89. The van der Waals surface area contributed by atoms with Gasteiger partial charge in [0, 0.05) is 16.1 Å². The van der Waals surface area contributed by atoms with E-state index in [-0.39, 0.29) is 17.7 Å². The van der Waals surface area contributed by atoms with Crippen molar-refractivity contribution in [3.8, 4) is 11.5 Å². The number of amides is 1. The van der Waals surface area contributed by atoms with Gasteiger partial charge in [-0.25, -0.2) is 4.99 Å². The Morgan fingerprint density at radius 1 is 1.23 bits per heavy atom. The third-order valence-corrected chi connectivity index (χ3v) is 7.23. The number of halogens is 1. The maximum absolute atomic E-state index is 13.5. The van der Waals surface area contributed by atoms with E-state index in [0.29, 0.717) is 27.3 Å². The average Bonchev–Trinajstić information content (AvgIpc) is 3.06. The Hall–Kier alpha value is -2.25. The van der Waals surface area contributed by atoms with E-state index in [0.717, 1.165) is 29.4 Å². The molecule has 1 amide bonds. The molecule has 0 radical (unpaired) electrons. The molecule has 0 aromatic heterocycles. The molecule has 162 valence electrons. The fourth-order valence-electron chi connectivity index (χ4n) is 4.15. The van der Waals surface area contributed by atoms with Crippen molar-refractivity contribution in [2.45, 2.75) is 38.6 Å². The van der Waals surface area contributed by atoms with Crippen LogP contribution in [0.3, 0.4) is 0 Å². The fraction of sp³-hybridized carbons (Fsp3) is 0.333. The molecular formula is C24H25BrN2O3S. The molecule has 0 bridgehead atoms. The first-order valence-corrected chi connectivity index (χ1v) is 12.0. The van der Waals surface area contributed by atoms with Gasteiger partial charge in [-0.2, -0.15) is 0 Å². The predicted molar refractivity (Wildman–Crippen MR) is 130 cm³/mol. The lowest BCUT2D eigenvalue weighted by Gasteiger charge is -2.35. The molecule has 4 rings (SSSR count). The third kappa shape index (κ3) is 4.67. The Morgan fingerprint density at radius 3 is 2.68 bits per heavy atom. The third-order valence-electron chi connectivity index (χ3n) is 5.79. The second-order valence-corrected chi connectivity index (χ2v) is 9.82. The van der Waals surface area contributed by atoms with Crippen molar-refractivity contribution in [2.75, 3.05) is 7.11 Å². The number of nitrogens with zero attached hydrogens (tertiary/aromatic N) is 2. The van der Waals surface area contributed by atoms with Gasteiger partial charge >= 0.3 is 0 Å². The first-order chi connectivity index (χ1) is 15.0. The Kier molecular flexibility index (Phi) is 6.72. The molecule has 2 aromatic rings. The summed E-state index contributed by atoms with van der Waals surface area (Å²) >= 11 is 4.81. The van der Waals surface area contributed by atoms with Gasteiger partial charge in [-0.1, -0.05) is 53.9 Å². The zero-order valence-electron chi connectivity index (χ0n) is 17.5. The number of benzene rings is 2. The zero-order chi connectivity index (χ0) is 22.0. The normalized spacial score (nSPS) is 24.2. The number of methoxy groups -OCH3 is 1. The van der Waals surface area contributed by atoms with Crippen molar-refractivity contribution in [1.29, 1.82) is 0 Å². The molecule has 5 nitrogen and oxygen atoms in total. The summed E-state index contributed by atoms with van der Waals surface area (Å²) in [5.41, 5.74) is 1.35. The van der Waals surface area contributed by atoms with E-state index in [1.54, 1.807) is 18.2 Å². The Labute approximate surface area is 195 Å². The van der Waals surface area contributed by atoms with Crippen LogP contribution in [0.1, 0.15) is 38.2 Å². The number of aromatic hydroxyl groups is 1. The van der Waals surface area contributed by atoms with Gasteiger partial charge in [0.25, 0.3) is 5.91 Å². The van der Waals surface area contributed by atoms with Crippen LogP contribution in [0, 0.1) is 5.92 Å². The molecule has 31 heavy (non-hydrogen) atoms. The SMILES string of the molecule is COc1cc(Br)cc(/C=C2\SC(=Nc3ccccc3)N([C@H]3CCCC[C@H]3C)C2=O)c1O. The zero-order valence-corrected chi connectivity index (χ0v) is 19.9. The summed E-state index contributed by atoms with van der Waals surface area (Å²) in [6, 6.07) is 13.3. The summed E-state index contributed by atoms with van der Waals surface area (Å²) in [5, 5.41) is 11.3. The van der Waals surface area contributed by atoms with Gasteiger partial charge in [-0.15, -0.1) is 0 Å². The van der Waals surface area contributed by atoms with Gasteiger partial charge in [0.2, 0.25) is 0 Å². The van der Waals surface area contributed by atoms with Crippen LogP contribution in [0.15, 0.2) is 56.8 Å². The summed E-state index contributed by atoms with van der Waals surface area (Å²) in [6.07, 6.45) is 6.13. The largest absolute Gasteiger partial charge is 0.504 e. The lowest BCUT2D eigenvalue weighted by atomic mass is 9.85. The first-order valence-electron chi connectivity index (χ1n) is 10.4. The first kappa shape index (κ1) is 22.0. The van der Waals surface area contributed by atoms with E-state index in [9.17, 15) is 9.90 Å². The van der Waals surface area contributed by atoms with Gasteiger partial charge < -0.3 is 9.84 Å². The van der Waals surface area contributed by atoms with Gasteiger partial charge in [0.05, 0.1) is 17.7 Å². The Morgan fingerprint density at radius 2 is 1.97 bits per heavy atom. The number of hydrogen-bond donors (Lipinski definition) is 1. The number of amidine groups is 1. The van der Waals surface area contributed by atoms with E-state index in [1.165, 1.54) is 25.3 Å². The molecule has 0 spiro atoms. The van der Waals surface area contributed by atoms with E-state index in [1.807, 2.05) is 35.2 Å². The molecule has 1 saturated heterocycles. The van der Waals surface area contributed by atoms with Crippen LogP contribution < -0.4 is 4.74 Å². The number of aliphatic imine (C=N–C) groups is 1. The molecule has 1 aliphatic carbocycles. The van der Waals surface area contributed by atoms with Crippen LogP contribution in [-0.2, 0) is 4.79 Å². The summed E-state index contributed by atoms with van der Waals surface area (Å²) in [4.78, 5) is 20.8. The van der Waals surface area contributed by atoms with Crippen molar-refractivity contribution in [2.24, 2.45) is 10.9 Å². The number of ether oxygens (including phenoxy) is 1. The molecule has 2 fully saturated rings. The van der Waals surface area contributed by atoms with Crippen molar-refractivity contribution in [3.05, 3.63) is 57.4 Å².